The summed E-state index contributed by atoms with van der Waals surface area (Å²) in [4.78, 5) is 99.6. The summed E-state index contributed by atoms with van der Waals surface area (Å²) in [5.74, 6) is -0.797. The van der Waals surface area contributed by atoms with Crippen LogP contribution in [0.3, 0.4) is 0 Å². The number of ether oxygens (including phenoxy) is 6. The number of nitrogens with one attached hydrogen (secondary N) is 7. The molecular weight excluding hydrogens is 971 g/mol. The third kappa shape index (κ3) is 47.9. The predicted octanol–water partition coefficient (Wildman–Crippen LogP) is 4.26. The molecule has 0 aliphatic carbocycles. The Morgan fingerprint density at radius 1 is 0.307 bits per heavy atom. The number of unbranched alkanes of at least 4 members (excludes halogenated alkanes) is 10. The number of carbonyl (C=O) groups excluding carboxylic acids is 8. The van der Waals surface area contributed by atoms with Crippen molar-refractivity contribution in [1.82, 2.24) is 37.2 Å². The molecule has 0 saturated carbocycles. The van der Waals surface area contributed by atoms with E-state index in [0.29, 0.717) is 123 Å². The third-order valence-electron chi connectivity index (χ3n) is 12.0. The Kier molecular flexibility index (Phi) is 48.9. The van der Waals surface area contributed by atoms with E-state index in [4.69, 9.17) is 28.4 Å². The minimum Gasteiger partial charge on any atom is -0.385 e. The van der Waals surface area contributed by atoms with Gasteiger partial charge >= 0.3 is 0 Å². The molecule has 0 aromatic rings. The highest BCUT2D eigenvalue weighted by Crippen LogP contribution is 2.14. The van der Waals surface area contributed by atoms with Gasteiger partial charge in [-0.1, -0.05) is 45.4 Å². The first-order valence-electron chi connectivity index (χ1n) is 28.0. The van der Waals surface area contributed by atoms with E-state index in [1.54, 1.807) is 21.3 Å². The lowest BCUT2D eigenvalue weighted by Gasteiger charge is -2.34. The van der Waals surface area contributed by atoms with Gasteiger partial charge in [0.25, 0.3) is 0 Å². The van der Waals surface area contributed by atoms with E-state index >= 15 is 0 Å². The molecule has 0 heterocycles. The van der Waals surface area contributed by atoms with Crippen LogP contribution in [0.1, 0.15) is 174 Å². The SMILES string of the molecule is CCC(=O)CCCCCCCCCCC(=O)NC(COCCC(=O)NCCCNC(=O)CCCCOC)(COCCC(=O)NCCCNC(=O)CCCCOC)COCCC(=O)NCCCNC(=O)CCCCOC. The monoisotopic (exact) mass is 1070 g/mol. The molecule has 0 rings (SSSR count). The number of rotatable bonds is 55. The van der Waals surface area contributed by atoms with Gasteiger partial charge in [0.05, 0.1) is 39.6 Å². The summed E-state index contributed by atoms with van der Waals surface area (Å²) in [7, 11) is 4.88. The first-order chi connectivity index (χ1) is 36.4. The van der Waals surface area contributed by atoms with Crippen molar-refractivity contribution in [2.45, 2.75) is 179 Å². The molecule has 7 N–H and O–H groups in total. The molecule has 0 saturated heterocycles. The standard InChI is InChI=1S/C54H101N7O14/c1-5-46(62)23-12-10-8-6-7-9-11-13-27-53(69)61-54(43-73-40-28-50(66)58-34-20-31-55-47(63)24-14-17-37-70-2,44-74-41-29-51(67)59-35-21-32-56-48(64)25-15-18-38-71-3)45-75-42-30-52(68)60-36-22-33-57-49(65)26-16-19-39-72-4/h5-45H2,1-4H3,(H,55,63)(H,56,64)(H,57,65)(H,58,66)(H,59,67)(H,60,68)(H,61,69). The second kappa shape index (κ2) is 51.8. The maximum absolute atomic E-state index is 13.7. The van der Waals surface area contributed by atoms with Crippen LogP contribution in [0.2, 0.25) is 0 Å². The van der Waals surface area contributed by atoms with Crippen molar-refractivity contribution in [2.75, 3.05) is 120 Å². The van der Waals surface area contributed by atoms with E-state index in [2.05, 4.69) is 37.2 Å². The van der Waals surface area contributed by atoms with Crippen LogP contribution in [0.15, 0.2) is 0 Å². The van der Waals surface area contributed by atoms with Crippen molar-refractivity contribution in [1.29, 1.82) is 0 Å². The maximum atomic E-state index is 13.7. The summed E-state index contributed by atoms with van der Waals surface area (Å²) in [6.45, 7) is 5.88. The Hall–Kier alpha value is -4.28. The van der Waals surface area contributed by atoms with Crippen molar-refractivity contribution in [3.05, 3.63) is 0 Å². The fourth-order valence-electron chi connectivity index (χ4n) is 7.49. The van der Waals surface area contributed by atoms with Crippen LogP contribution in [0.5, 0.6) is 0 Å². The zero-order chi connectivity index (χ0) is 55.3. The number of hydrogen-bond acceptors (Lipinski definition) is 14. The van der Waals surface area contributed by atoms with Crippen LogP contribution in [-0.2, 0) is 66.8 Å². The molecule has 21 heteroatoms. The van der Waals surface area contributed by atoms with Gasteiger partial charge in [0.2, 0.25) is 41.4 Å². The van der Waals surface area contributed by atoms with Gasteiger partial charge in [-0.15, -0.1) is 0 Å². The molecule has 21 nitrogen and oxygen atoms in total. The normalized spacial score (nSPS) is 11.2. The molecule has 0 bridgehead atoms. The number of carbonyl (C=O) groups is 8. The van der Waals surface area contributed by atoms with Crippen molar-refractivity contribution >= 4 is 47.1 Å². The molecule has 0 unspecified atom stereocenters. The zero-order valence-electron chi connectivity index (χ0n) is 46.7. The first-order valence-corrected chi connectivity index (χ1v) is 28.0. The first kappa shape index (κ1) is 70.7. The molecule has 0 fully saturated rings. The third-order valence-corrected chi connectivity index (χ3v) is 12.0. The molecular formula is C54H101N7O14. The summed E-state index contributed by atoms with van der Waals surface area (Å²) < 4.78 is 33.2. The van der Waals surface area contributed by atoms with Crippen LogP contribution in [0.25, 0.3) is 0 Å². The van der Waals surface area contributed by atoms with Crippen molar-refractivity contribution < 1.29 is 66.8 Å². The van der Waals surface area contributed by atoms with E-state index < -0.39 is 5.54 Å². The predicted molar refractivity (Wildman–Crippen MR) is 288 cm³/mol. The van der Waals surface area contributed by atoms with E-state index in [0.717, 1.165) is 83.5 Å². The number of amides is 7. The smallest absolute Gasteiger partial charge is 0.222 e. The van der Waals surface area contributed by atoms with Crippen LogP contribution < -0.4 is 37.2 Å². The highest BCUT2D eigenvalue weighted by molar-refractivity contribution is 5.79. The van der Waals surface area contributed by atoms with Gasteiger partial charge in [-0.3, -0.25) is 38.4 Å². The lowest BCUT2D eigenvalue weighted by molar-refractivity contribution is -0.130. The molecule has 0 spiro atoms. The van der Waals surface area contributed by atoms with Crippen molar-refractivity contribution in [3.63, 3.8) is 0 Å². The molecule has 0 radical (unpaired) electrons. The summed E-state index contributed by atoms with van der Waals surface area (Å²) in [6.07, 6.45) is 16.8. The average Bonchev–Trinajstić information content (AvgIpc) is 3.39. The summed E-state index contributed by atoms with van der Waals surface area (Å²) in [5, 5.41) is 20.2. The fraction of sp³-hybridized carbons (Fsp3) is 0.852. The van der Waals surface area contributed by atoms with Gasteiger partial charge in [-0.05, 0) is 70.6 Å². The lowest BCUT2D eigenvalue weighted by atomic mass is 10.0. The molecule has 0 atom stereocenters. The van der Waals surface area contributed by atoms with Crippen LogP contribution in [-0.4, -0.2) is 173 Å². The Balaban J connectivity index is 5.55. The second-order valence-corrected chi connectivity index (χ2v) is 19.0. The molecule has 0 aromatic carbocycles. The van der Waals surface area contributed by atoms with E-state index in [1.807, 2.05) is 6.92 Å². The van der Waals surface area contributed by atoms with Gasteiger partial charge in [-0.2, -0.15) is 0 Å². The van der Waals surface area contributed by atoms with E-state index in [1.165, 1.54) is 0 Å². The Morgan fingerprint density at radius 2 is 0.573 bits per heavy atom. The van der Waals surface area contributed by atoms with Crippen LogP contribution in [0.4, 0.5) is 0 Å². The van der Waals surface area contributed by atoms with Crippen LogP contribution in [0, 0.1) is 0 Å². The van der Waals surface area contributed by atoms with Gasteiger partial charge in [0, 0.05) is 138 Å². The lowest BCUT2D eigenvalue weighted by Crippen LogP contribution is -2.58. The molecule has 0 aliphatic rings. The summed E-state index contributed by atoms with van der Waals surface area (Å²) in [5.41, 5.74) is -1.25. The quantitative estimate of drug-likeness (QED) is 0.0420. The molecule has 0 aromatic heterocycles. The topological polar surface area (TPSA) is 276 Å². The summed E-state index contributed by atoms with van der Waals surface area (Å²) >= 11 is 0. The second-order valence-electron chi connectivity index (χ2n) is 19.0. The number of ketones is 1. The summed E-state index contributed by atoms with van der Waals surface area (Å²) in [6, 6.07) is 0. The molecule has 7 amide bonds. The van der Waals surface area contributed by atoms with Crippen molar-refractivity contribution in [2.24, 2.45) is 0 Å². The number of hydrogen-bond donors (Lipinski definition) is 7. The van der Waals surface area contributed by atoms with Gasteiger partial charge in [-0.25, -0.2) is 0 Å². The van der Waals surface area contributed by atoms with E-state index in [-0.39, 0.29) is 107 Å². The zero-order valence-corrected chi connectivity index (χ0v) is 46.7. The number of methoxy groups -OCH3 is 3. The molecule has 436 valence electrons. The van der Waals surface area contributed by atoms with E-state index in [9.17, 15) is 38.4 Å². The maximum Gasteiger partial charge on any atom is 0.222 e. The molecule has 75 heavy (non-hydrogen) atoms. The average molecular weight is 1070 g/mol. The van der Waals surface area contributed by atoms with Crippen molar-refractivity contribution in [3.8, 4) is 0 Å². The largest absolute Gasteiger partial charge is 0.385 e. The number of Topliss-reactive ketones (excluding diaryl/α,β-unsaturated/α-hetero) is 1. The highest BCUT2D eigenvalue weighted by atomic mass is 16.5. The van der Waals surface area contributed by atoms with Crippen LogP contribution >= 0.6 is 0 Å². The van der Waals surface area contributed by atoms with Gasteiger partial charge in [0.1, 0.15) is 11.3 Å². The van der Waals surface area contributed by atoms with Gasteiger partial charge < -0.3 is 65.6 Å². The Bertz CT molecular complexity index is 1380. The Labute approximate surface area is 449 Å². The molecule has 0 aliphatic heterocycles. The minimum atomic E-state index is -1.25. The Morgan fingerprint density at radius 3 is 0.880 bits per heavy atom. The fourth-order valence-corrected chi connectivity index (χ4v) is 7.49. The minimum absolute atomic E-state index is 0.0178. The van der Waals surface area contributed by atoms with Gasteiger partial charge in [0.15, 0.2) is 0 Å². The highest BCUT2D eigenvalue weighted by Gasteiger charge is 2.34.